The van der Waals surface area contributed by atoms with Crippen molar-refractivity contribution in [3.8, 4) is 5.75 Å². The zero-order chi connectivity index (χ0) is 43.3. The maximum atomic E-state index is 14.2. The Labute approximate surface area is 345 Å². The molecule has 1 saturated heterocycles. The van der Waals surface area contributed by atoms with E-state index in [1.807, 2.05) is 52.8 Å². The monoisotopic (exact) mass is 820 g/mol. The van der Waals surface area contributed by atoms with E-state index < -0.39 is 50.2 Å². The Kier molecular flexibility index (Phi) is 19.5. The van der Waals surface area contributed by atoms with Crippen LogP contribution in [-0.2, 0) is 23.5 Å². The summed E-state index contributed by atoms with van der Waals surface area (Å²) in [5.41, 5.74) is 3.99. The van der Waals surface area contributed by atoms with E-state index in [2.05, 4.69) is 68.6 Å². The molecular weight excluding hydrogens is 743 g/mol. The fourth-order valence-corrected chi connectivity index (χ4v) is 7.91. The molecule has 2 rings (SSSR count). The maximum Gasteiger partial charge on any atom is 0.407 e. The number of alkyl carbamates (subject to hydrolysis) is 1. The summed E-state index contributed by atoms with van der Waals surface area (Å²) in [6.45, 7) is 31.9. The number of rotatable bonds is 21. The van der Waals surface area contributed by atoms with Crippen LogP contribution in [0.4, 0.5) is 4.79 Å². The van der Waals surface area contributed by atoms with Crippen LogP contribution < -0.4 is 26.4 Å². The van der Waals surface area contributed by atoms with E-state index in [4.69, 9.17) is 24.4 Å². The minimum Gasteiger partial charge on any atom is -0.491 e. The minimum absolute atomic E-state index is 0.0202. The molecule has 0 radical (unpaired) electrons. The van der Waals surface area contributed by atoms with Gasteiger partial charge in [0.2, 0.25) is 11.8 Å². The van der Waals surface area contributed by atoms with Crippen LogP contribution >= 0.6 is 0 Å². The number of nitrogens with two attached hydrogens (primary N) is 1. The summed E-state index contributed by atoms with van der Waals surface area (Å²) in [4.78, 5) is 56.0. The summed E-state index contributed by atoms with van der Waals surface area (Å²) in [5, 5.41) is 9.46. The molecule has 1 aliphatic heterocycles. The molecule has 1 fully saturated rings. The number of nitrogens with one attached hydrogen (secondary N) is 3. The molecule has 5 N–H and O–H groups in total. The van der Waals surface area contributed by atoms with Gasteiger partial charge in [0.1, 0.15) is 24.2 Å². The van der Waals surface area contributed by atoms with Crippen LogP contribution in [0, 0.1) is 40.4 Å². The molecule has 4 amide bonds. The summed E-state index contributed by atoms with van der Waals surface area (Å²) < 4.78 is 24.1. The zero-order valence-electron chi connectivity index (χ0n) is 37.6. The topological polar surface area (TPSA) is 171 Å². The van der Waals surface area contributed by atoms with Crippen LogP contribution in [0.2, 0.25) is 13.1 Å². The van der Waals surface area contributed by atoms with E-state index in [1.165, 1.54) is 0 Å². The van der Waals surface area contributed by atoms with E-state index in [0.29, 0.717) is 44.0 Å². The van der Waals surface area contributed by atoms with Gasteiger partial charge < -0.3 is 40.3 Å². The quantitative estimate of drug-likeness (QED) is 0.0864. The molecule has 326 valence electrons. The van der Waals surface area contributed by atoms with Crippen molar-refractivity contribution in [1.29, 1.82) is 0 Å². The Balaban J connectivity index is 2.51. The lowest BCUT2D eigenvalue weighted by atomic mass is 9.67. The molecule has 14 heteroatoms. The van der Waals surface area contributed by atoms with Crippen molar-refractivity contribution in [2.45, 2.75) is 127 Å². The average molecular weight is 820 g/mol. The van der Waals surface area contributed by atoms with Gasteiger partial charge in [-0.2, -0.15) is 0 Å². The molecule has 13 nitrogen and oxygen atoms in total. The smallest absolute Gasteiger partial charge is 0.407 e. The first kappa shape index (κ1) is 49.9. The second kappa shape index (κ2) is 22.2. The second-order valence-corrected chi connectivity index (χ2v) is 21.7. The number of morpholine rings is 1. The second-order valence-electron chi connectivity index (χ2n) is 19.3. The number of ether oxygens (including phenoxy) is 3. The highest BCUT2D eigenvalue weighted by Crippen LogP contribution is 2.40. The van der Waals surface area contributed by atoms with E-state index in [0.717, 1.165) is 19.6 Å². The largest absolute Gasteiger partial charge is 0.491 e. The van der Waals surface area contributed by atoms with Crippen molar-refractivity contribution >= 4 is 32.9 Å². The van der Waals surface area contributed by atoms with Crippen LogP contribution in [0.3, 0.4) is 0 Å². The van der Waals surface area contributed by atoms with Crippen LogP contribution in [0.5, 0.6) is 5.75 Å². The summed E-state index contributed by atoms with van der Waals surface area (Å²) in [7, 11) is -1.73. The first-order valence-corrected chi connectivity index (χ1v) is 23.7. The molecule has 0 bridgehead atoms. The number of carbonyl (C=O) groups excluding carboxylic acids is 4. The van der Waals surface area contributed by atoms with E-state index in [9.17, 15) is 19.2 Å². The molecule has 1 aromatic rings. The summed E-state index contributed by atoms with van der Waals surface area (Å²) >= 11 is 0. The van der Waals surface area contributed by atoms with Gasteiger partial charge in [-0.05, 0) is 95.9 Å². The van der Waals surface area contributed by atoms with Gasteiger partial charge in [0.15, 0.2) is 9.04 Å². The van der Waals surface area contributed by atoms with E-state index >= 15 is 0 Å². The molecule has 1 aromatic carbocycles. The molecule has 5 atom stereocenters. The molecule has 0 saturated carbocycles. The SMILES string of the molecule is CC(C)[C@H](C[C@H](NC(=O)OC(C)(C)C)[C@@H](C[C@H](C(=O)NCC(C)(C)C(N)=O)C(C)C)C(C)(C)C)C(NC(=O)c1ccccc1OCCN1CCOCC1)O[SiH](C)C. The summed E-state index contributed by atoms with van der Waals surface area (Å²) in [6.07, 6.45) is -0.347. The molecule has 0 aromatic heterocycles. The Morgan fingerprint density at radius 2 is 1.51 bits per heavy atom. The fourth-order valence-electron chi connectivity index (χ4n) is 7.06. The number of para-hydroxylation sites is 1. The van der Waals surface area contributed by atoms with Crippen molar-refractivity contribution in [3.05, 3.63) is 29.8 Å². The highest BCUT2D eigenvalue weighted by Gasteiger charge is 2.42. The van der Waals surface area contributed by atoms with Crippen molar-refractivity contribution in [3.63, 3.8) is 0 Å². The van der Waals surface area contributed by atoms with Gasteiger partial charge >= 0.3 is 6.09 Å². The van der Waals surface area contributed by atoms with Gasteiger partial charge in [0.25, 0.3) is 5.91 Å². The van der Waals surface area contributed by atoms with Crippen molar-refractivity contribution < 1.29 is 37.8 Å². The van der Waals surface area contributed by atoms with Gasteiger partial charge in [-0.25, -0.2) is 4.79 Å². The average Bonchev–Trinajstić information content (AvgIpc) is 3.08. The van der Waals surface area contributed by atoms with E-state index in [1.54, 1.807) is 19.9 Å². The molecule has 0 aliphatic carbocycles. The summed E-state index contributed by atoms with van der Waals surface area (Å²) in [5.74, 6) is -1.40. The lowest BCUT2D eigenvalue weighted by molar-refractivity contribution is -0.129. The van der Waals surface area contributed by atoms with E-state index in [-0.39, 0.29) is 47.4 Å². The number of nitrogens with zero attached hydrogens (tertiary/aromatic N) is 1. The van der Waals surface area contributed by atoms with Crippen LogP contribution in [-0.4, -0.2) is 102 Å². The predicted octanol–water partition coefficient (Wildman–Crippen LogP) is 5.96. The Morgan fingerprint density at radius 1 is 0.895 bits per heavy atom. The number of carbonyl (C=O) groups is 4. The number of amides is 4. The number of hydrogen-bond donors (Lipinski definition) is 4. The first-order valence-electron chi connectivity index (χ1n) is 20.9. The highest BCUT2D eigenvalue weighted by molar-refractivity contribution is 6.48. The number of hydrogen-bond acceptors (Lipinski definition) is 9. The van der Waals surface area contributed by atoms with Crippen LogP contribution in [0.15, 0.2) is 24.3 Å². The Bertz CT molecular complexity index is 1430. The van der Waals surface area contributed by atoms with Crippen molar-refractivity contribution in [2.24, 2.45) is 46.2 Å². The third-order valence-corrected chi connectivity index (χ3v) is 11.5. The third-order valence-electron chi connectivity index (χ3n) is 10.7. The number of benzene rings is 1. The molecule has 0 spiro atoms. The molecular formula is C43H77N5O8Si. The van der Waals surface area contributed by atoms with Gasteiger partial charge in [-0.1, -0.05) is 60.6 Å². The lowest BCUT2D eigenvalue weighted by Gasteiger charge is -2.43. The first-order chi connectivity index (χ1) is 26.3. The maximum absolute atomic E-state index is 14.2. The highest BCUT2D eigenvalue weighted by atomic mass is 28.3. The fraction of sp³-hybridized carbons (Fsp3) is 0.767. The Morgan fingerprint density at radius 3 is 2.04 bits per heavy atom. The van der Waals surface area contributed by atoms with Crippen molar-refractivity contribution in [2.75, 3.05) is 46.0 Å². The van der Waals surface area contributed by atoms with Gasteiger partial charge in [0.05, 0.1) is 24.2 Å². The van der Waals surface area contributed by atoms with Crippen LogP contribution in [0.25, 0.3) is 0 Å². The van der Waals surface area contributed by atoms with Crippen LogP contribution in [0.1, 0.15) is 106 Å². The molecule has 1 heterocycles. The number of primary amides is 1. The van der Waals surface area contributed by atoms with Gasteiger partial charge in [-0.3, -0.25) is 19.3 Å². The third kappa shape index (κ3) is 17.3. The zero-order valence-corrected chi connectivity index (χ0v) is 38.7. The predicted molar refractivity (Wildman–Crippen MR) is 228 cm³/mol. The summed E-state index contributed by atoms with van der Waals surface area (Å²) in [6, 6.07) is 6.78. The van der Waals surface area contributed by atoms with Crippen molar-refractivity contribution in [1.82, 2.24) is 20.9 Å². The van der Waals surface area contributed by atoms with Gasteiger partial charge in [0, 0.05) is 44.1 Å². The minimum atomic E-state index is -1.73. The normalized spacial score (nSPS) is 17.1. The Hall–Kier alpha value is -3.20. The molecule has 57 heavy (non-hydrogen) atoms. The standard InChI is InChI=1S/C43H77N5O8Si/c1-28(2)31(36(49)45-27-43(11,12)39(44)51)25-33(41(5,6)7)34(46-40(52)55-42(8,9)10)26-32(29(3)4)38(56-57(13)14)47-37(50)30-17-15-16-18-35(30)54-24-21-48-19-22-53-23-20-48/h15-18,28-29,31-34,38,57H,19-27H2,1-14H3,(H2,44,51)(H,45,49)(H,46,52)(H,47,50)/t31-,32-,33+,34-,38?/m0/s1. The lowest BCUT2D eigenvalue weighted by Crippen LogP contribution is -2.53. The molecule has 1 unspecified atom stereocenters. The molecule has 1 aliphatic rings. The van der Waals surface area contributed by atoms with Gasteiger partial charge in [-0.15, -0.1) is 0 Å².